The minimum atomic E-state index is -1.10. The molecule has 2 N–H and O–H groups in total. The number of carboxylic acid groups (broad SMARTS) is 1. The number of nitrogens with one attached hydrogen (secondary N) is 1. The minimum absolute atomic E-state index is 0.0419. The number of benzene rings is 2. The Balaban J connectivity index is 1.63. The second-order valence-electron chi connectivity index (χ2n) is 6.35. The molecule has 3 rings (SSSR count). The van der Waals surface area contributed by atoms with E-state index in [1.165, 1.54) is 12.1 Å². The van der Waals surface area contributed by atoms with Crippen molar-refractivity contribution in [2.45, 2.75) is 13.5 Å². The zero-order valence-electron chi connectivity index (χ0n) is 15.8. The summed E-state index contributed by atoms with van der Waals surface area (Å²) < 4.78 is 5.82. The number of para-hydroxylation sites is 1. The molecule has 6 nitrogen and oxygen atoms in total. The predicted octanol–water partition coefficient (Wildman–Crippen LogP) is 4.32. The number of aromatic carboxylic acids is 1. The Morgan fingerprint density at radius 1 is 1.14 bits per heavy atom. The van der Waals surface area contributed by atoms with Gasteiger partial charge in [-0.25, -0.2) is 4.79 Å². The number of carbonyl (C=O) groups is 2. The smallest absolute Gasteiger partial charge is 0.337 e. The van der Waals surface area contributed by atoms with Gasteiger partial charge in [0.2, 0.25) is 5.91 Å². The number of carbonyl (C=O) groups excluding carboxylic acids is 1. The van der Waals surface area contributed by atoms with Crippen LogP contribution in [-0.2, 0) is 11.4 Å². The maximum absolute atomic E-state index is 12.2. The van der Waals surface area contributed by atoms with E-state index < -0.39 is 11.9 Å². The van der Waals surface area contributed by atoms with Crippen LogP contribution in [0, 0.1) is 6.92 Å². The molecule has 1 aromatic heterocycles. The Bertz CT molecular complexity index is 1050. The van der Waals surface area contributed by atoms with E-state index in [1.807, 2.05) is 37.3 Å². The molecule has 0 spiro atoms. The number of hydrogen-bond acceptors (Lipinski definition) is 4. The van der Waals surface area contributed by atoms with Crippen LogP contribution < -0.4 is 10.1 Å². The number of rotatable bonds is 7. The first-order valence-electron chi connectivity index (χ1n) is 8.96. The molecule has 1 amide bonds. The Kier molecular flexibility index (Phi) is 6.37. The van der Waals surface area contributed by atoms with Gasteiger partial charge >= 0.3 is 5.97 Å². The molecule has 0 aliphatic heterocycles. The van der Waals surface area contributed by atoms with Gasteiger partial charge in [-0.3, -0.25) is 9.78 Å². The standard InChI is InChI=1S/C23H20N2O4/c1-16-13-17(8-10-21(16)29-15-18-5-4-12-24-14-18)9-11-22(26)25-20-7-3-2-6-19(20)23(27)28/h2-14H,15H2,1H3,(H,25,26)(H,27,28)/b11-9+. The summed E-state index contributed by atoms with van der Waals surface area (Å²) in [6, 6.07) is 15.7. The van der Waals surface area contributed by atoms with Crippen molar-refractivity contribution in [1.82, 2.24) is 4.98 Å². The van der Waals surface area contributed by atoms with Crippen molar-refractivity contribution in [3.63, 3.8) is 0 Å². The summed E-state index contributed by atoms with van der Waals surface area (Å²) in [6.07, 6.45) is 6.50. The van der Waals surface area contributed by atoms with Crippen LogP contribution in [0.5, 0.6) is 5.75 Å². The second-order valence-corrected chi connectivity index (χ2v) is 6.35. The average Bonchev–Trinajstić information content (AvgIpc) is 2.72. The van der Waals surface area contributed by atoms with Crippen molar-refractivity contribution in [2.24, 2.45) is 0 Å². The molecule has 0 atom stereocenters. The van der Waals surface area contributed by atoms with Crippen molar-refractivity contribution in [3.8, 4) is 5.75 Å². The molecule has 29 heavy (non-hydrogen) atoms. The number of aryl methyl sites for hydroxylation is 1. The van der Waals surface area contributed by atoms with Crippen LogP contribution in [0.15, 0.2) is 73.1 Å². The zero-order chi connectivity index (χ0) is 20.6. The van der Waals surface area contributed by atoms with E-state index in [1.54, 1.807) is 36.7 Å². The third-order valence-electron chi connectivity index (χ3n) is 4.16. The van der Waals surface area contributed by atoms with Crippen molar-refractivity contribution >= 4 is 23.6 Å². The van der Waals surface area contributed by atoms with Crippen molar-refractivity contribution in [2.75, 3.05) is 5.32 Å². The molecule has 2 aromatic carbocycles. The first-order chi connectivity index (χ1) is 14.0. The topological polar surface area (TPSA) is 88.5 Å². The molecular formula is C23H20N2O4. The molecule has 0 aliphatic carbocycles. The molecule has 0 aliphatic rings. The number of pyridine rings is 1. The van der Waals surface area contributed by atoms with Crippen molar-refractivity contribution in [3.05, 3.63) is 95.3 Å². The maximum Gasteiger partial charge on any atom is 0.337 e. The van der Waals surface area contributed by atoms with E-state index in [0.29, 0.717) is 6.61 Å². The van der Waals surface area contributed by atoms with Gasteiger partial charge in [-0.15, -0.1) is 0 Å². The van der Waals surface area contributed by atoms with Crippen LogP contribution in [0.4, 0.5) is 5.69 Å². The molecule has 0 radical (unpaired) electrons. The number of anilines is 1. The fourth-order valence-corrected chi connectivity index (χ4v) is 2.71. The highest BCUT2D eigenvalue weighted by Crippen LogP contribution is 2.21. The van der Waals surface area contributed by atoms with Gasteiger partial charge in [0.25, 0.3) is 0 Å². The molecule has 1 heterocycles. The van der Waals surface area contributed by atoms with E-state index in [4.69, 9.17) is 4.74 Å². The van der Waals surface area contributed by atoms with Gasteiger partial charge in [-0.1, -0.05) is 24.3 Å². The van der Waals surface area contributed by atoms with E-state index >= 15 is 0 Å². The highest BCUT2D eigenvalue weighted by molar-refractivity contribution is 6.06. The average molecular weight is 388 g/mol. The van der Waals surface area contributed by atoms with E-state index in [2.05, 4.69) is 10.3 Å². The molecule has 146 valence electrons. The van der Waals surface area contributed by atoms with Crippen LogP contribution >= 0.6 is 0 Å². The third-order valence-corrected chi connectivity index (χ3v) is 4.16. The lowest BCUT2D eigenvalue weighted by Gasteiger charge is -2.09. The highest BCUT2D eigenvalue weighted by Gasteiger charge is 2.10. The lowest BCUT2D eigenvalue weighted by Crippen LogP contribution is -2.11. The Labute approximate surface area is 168 Å². The summed E-state index contributed by atoms with van der Waals surface area (Å²) >= 11 is 0. The quantitative estimate of drug-likeness (QED) is 0.589. The van der Waals surface area contributed by atoms with Gasteiger partial charge in [0, 0.05) is 24.0 Å². The highest BCUT2D eigenvalue weighted by atomic mass is 16.5. The van der Waals surface area contributed by atoms with Crippen LogP contribution in [0.3, 0.4) is 0 Å². The number of carboxylic acids is 1. The lowest BCUT2D eigenvalue weighted by atomic mass is 10.1. The van der Waals surface area contributed by atoms with Crippen LogP contribution in [-0.4, -0.2) is 22.0 Å². The summed E-state index contributed by atoms with van der Waals surface area (Å²) in [5.74, 6) is -0.749. The van der Waals surface area contributed by atoms with Gasteiger partial charge in [0.1, 0.15) is 12.4 Å². The predicted molar refractivity (Wildman–Crippen MR) is 111 cm³/mol. The normalized spacial score (nSPS) is 10.7. The van der Waals surface area contributed by atoms with E-state index in [-0.39, 0.29) is 11.3 Å². The first-order valence-corrected chi connectivity index (χ1v) is 8.96. The van der Waals surface area contributed by atoms with Gasteiger partial charge in [-0.2, -0.15) is 0 Å². The molecule has 3 aromatic rings. The lowest BCUT2D eigenvalue weighted by molar-refractivity contribution is -0.111. The summed E-state index contributed by atoms with van der Waals surface area (Å²) in [5.41, 5.74) is 3.05. The van der Waals surface area contributed by atoms with Crippen molar-refractivity contribution in [1.29, 1.82) is 0 Å². The summed E-state index contributed by atoms with van der Waals surface area (Å²) in [5, 5.41) is 11.8. The monoisotopic (exact) mass is 388 g/mol. The van der Waals surface area contributed by atoms with Gasteiger partial charge < -0.3 is 15.2 Å². The Morgan fingerprint density at radius 2 is 1.97 bits per heavy atom. The molecule has 6 heteroatoms. The van der Waals surface area contributed by atoms with E-state index in [9.17, 15) is 14.7 Å². The van der Waals surface area contributed by atoms with Gasteiger partial charge in [0.05, 0.1) is 11.3 Å². The molecule has 0 saturated carbocycles. The zero-order valence-corrected chi connectivity index (χ0v) is 15.8. The summed E-state index contributed by atoms with van der Waals surface area (Å²) in [6.45, 7) is 2.36. The minimum Gasteiger partial charge on any atom is -0.489 e. The largest absolute Gasteiger partial charge is 0.489 e. The number of ether oxygens (including phenoxy) is 1. The molecule has 0 saturated heterocycles. The van der Waals surface area contributed by atoms with Gasteiger partial charge in [-0.05, 0) is 54.5 Å². The first kappa shape index (κ1) is 19.8. The fraction of sp³-hybridized carbons (Fsp3) is 0.0870. The van der Waals surface area contributed by atoms with Crippen LogP contribution in [0.2, 0.25) is 0 Å². The Morgan fingerprint density at radius 3 is 2.69 bits per heavy atom. The number of hydrogen-bond donors (Lipinski definition) is 2. The van der Waals surface area contributed by atoms with Crippen LogP contribution in [0.1, 0.15) is 27.0 Å². The Hall–Kier alpha value is -3.93. The van der Waals surface area contributed by atoms with Crippen molar-refractivity contribution < 1.29 is 19.4 Å². The molecule has 0 unspecified atom stereocenters. The SMILES string of the molecule is Cc1cc(/C=C/C(=O)Nc2ccccc2C(=O)O)ccc1OCc1cccnc1. The molecular weight excluding hydrogens is 368 g/mol. The number of aromatic nitrogens is 1. The van der Waals surface area contributed by atoms with E-state index in [0.717, 1.165) is 22.4 Å². The van der Waals surface area contributed by atoms with Gasteiger partial charge in [0.15, 0.2) is 0 Å². The molecule has 0 bridgehead atoms. The summed E-state index contributed by atoms with van der Waals surface area (Å²) in [4.78, 5) is 27.4. The maximum atomic E-state index is 12.2. The van der Waals surface area contributed by atoms with Crippen LogP contribution in [0.25, 0.3) is 6.08 Å². The second kappa shape index (κ2) is 9.32. The fourth-order valence-electron chi connectivity index (χ4n) is 2.71. The number of nitrogens with zero attached hydrogens (tertiary/aromatic N) is 1. The number of amides is 1. The third kappa shape index (κ3) is 5.52. The summed E-state index contributed by atoms with van der Waals surface area (Å²) in [7, 11) is 0. The molecule has 0 fully saturated rings.